The van der Waals surface area contributed by atoms with Crippen LogP contribution in [0.1, 0.15) is 46.0 Å². The molecule has 1 fully saturated rings. The predicted octanol–water partition coefficient (Wildman–Crippen LogP) is 0.989. The van der Waals surface area contributed by atoms with E-state index in [1.165, 1.54) is 0 Å². The van der Waals surface area contributed by atoms with Crippen LogP contribution >= 0.6 is 0 Å². The fraction of sp³-hybridized carbons (Fsp3) is 0.846. The fourth-order valence-corrected chi connectivity index (χ4v) is 4.64. The Morgan fingerprint density at radius 2 is 2.00 bits per heavy atom. The summed E-state index contributed by atoms with van der Waals surface area (Å²) in [7, 11) is -3.80. The molecule has 21 heavy (non-hydrogen) atoms. The van der Waals surface area contributed by atoms with E-state index in [9.17, 15) is 23.1 Å². The SMILES string of the molecule is CCCC1(C(=O)O)CCCN1S(=O)(=O)CCC(=O)OCC. The van der Waals surface area contributed by atoms with Gasteiger partial charge in [0, 0.05) is 6.54 Å². The Bertz CT molecular complexity index is 489. The summed E-state index contributed by atoms with van der Waals surface area (Å²) < 4.78 is 30.6. The molecule has 1 N–H and O–H groups in total. The first-order chi connectivity index (χ1) is 9.80. The van der Waals surface area contributed by atoms with Crippen LogP contribution in [0.5, 0.6) is 0 Å². The Labute approximate surface area is 125 Å². The van der Waals surface area contributed by atoms with Gasteiger partial charge in [-0.05, 0) is 26.2 Å². The highest BCUT2D eigenvalue weighted by Crippen LogP contribution is 2.36. The standard InChI is InChI=1S/C13H23NO6S/c1-3-7-13(12(16)17)8-5-9-14(13)21(18,19)10-6-11(15)20-4-2/h3-10H2,1-2H3,(H,16,17). The van der Waals surface area contributed by atoms with E-state index < -0.39 is 33.3 Å². The van der Waals surface area contributed by atoms with E-state index in [-0.39, 0.29) is 26.0 Å². The third-order valence-electron chi connectivity index (χ3n) is 3.70. The summed E-state index contributed by atoms with van der Waals surface area (Å²) in [5.74, 6) is -2.11. The number of sulfonamides is 1. The lowest BCUT2D eigenvalue weighted by atomic mass is 9.92. The van der Waals surface area contributed by atoms with Crippen molar-refractivity contribution in [3.8, 4) is 0 Å². The van der Waals surface area contributed by atoms with Crippen LogP contribution in [0.3, 0.4) is 0 Å². The van der Waals surface area contributed by atoms with E-state index in [1.807, 2.05) is 6.92 Å². The normalized spacial score (nSPS) is 23.1. The molecule has 1 rings (SSSR count). The van der Waals surface area contributed by atoms with Crippen LogP contribution in [0.4, 0.5) is 0 Å². The lowest BCUT2D eigenvalue weighted by Crippen LogP contribution is -2.53. The topological polar surface area (TPSA) is 101 Å². The van der Waals surface area contributed by atoms with Crippen molar-refractivity contribution in [1.82, 2.24) is 4.31 Å². The van der Waals surface area contributed by atoms with Crippen molar-refractivity contribution in [3.05, 3.63) is 0 Å². The smallest absolute Gasteiger partial charge is 0.325 e. The Morgan fingerprint density at radius 3 is 2.52 bits per heavy atom. The molecule has 1 aliphatic heterocycles. The number of hydrogen-bond acceptors (Lipinski definition) is 5. The number of ether oxygens (including phenoxy) is 1. The zero-order chi connectivity index (χ0) is 16.1. The quantitative estimate of drug-likeness (QED) is 0.669. The van der Waals surface area contributed by atoms with Crippen molar-refractivity contribution in [2.45, 2.75) is 51.5 Å². The van der Waals surface area contributed by atoms with Crippen LogP contribution in [0.2, 0.25) is 0 Å². The van der Waals surface area contributed by atoms with Crippen molar-refractivity contribution in [2.75, 3.05) is 18.9 Å². The lowest BCUT2D eigenvalue weighted by molar-refractivity contribution is -0.147. The molecule has 1 saturated heterocycles. The van der Waals surface area contributed by atoms with E-state index in [0.717, 1.165) is 4.31 Å². The predicted molar refractivity (Wildman–Crippen MR) is 76.3 cm³/mol. The summed E-state index contributed by atoms with van der Waals surface area (Å²) in [6, 6.07) is 0. The van der Waals surface area contributed by atoms with Gasteiger partial charge in [0.15, 0.2) is 0 Å². The number of carbonyl (C=O) groups excluding carboxylic acids is 1. The Hall–Kier alpha value is -1.15. The Kier molecular flexibility index (Phi) is 6.15. The lowest BCUT2D eigenvalue weighted by Gasteiger charge is -2.33. The maximum Gasteiger partial charge on any atom is 0.325 e. The van der Waals surface area contributed by atoms with Crippen molar-refractivity contribution < 1.29 is 27.9 Å². The average Bonchev–Trinajstić information content (AvgIpc) is 2.83. The molecule has 0 aromatic rings. The van der Waals surface area contributed by atoms with E-state index >= 15 is 0 Å². The van der Waals surface area contributed by atoms with Gasteiger partial charge in [-0.3, -0.25) is 9.59 Å². The van der Waals surface area contributed by atoms with E-state index in [4.69, 9.17) is 4.74 Å². The van der Waals surface area contributed by atoms with Crippen molar-refractivity contribution >= 4 is 22.0 Å². The van der Waals surface area contributed by atoms with Gasteiger partial charge in [0.25, 0.3) is 0 Å². The minimum atomic E-state index is -3.80. The molecule has 0 bridgehead atoms. The third kappa shape index (κ3) is 3.94. The first kappa shape index (κ1) is 17.9. The maximum atomic E-state index is 12.4. The molecule has 0 aromatic heterocycles. The molecule has 1 heterocycles. The van der Waals surface area contributed by atoms with Gasteiger partial charge >= 0.3 is 11.9 Å². The van der Waals surface area contributed by atoms with Crippen LogP contribution in [-0.2, 0) is 24.3 Å². The highest BCUT2D eigenvalue weighted by Gasteiger charge is 2.51. The second kappa shape index (κ2) is 7.22. The fourth-order valence-electron chi connectivity index (χ4n) is 2.80. The van der Waals surface area contributed by atoms with Crippen LogP contribution in [0.25, 0.3) is 0 Å². The van der Waals surface area contributed by atoms with Gasteiger partial charge in [0.1, 0.15) is 5.54 Å². The largest absolute Gasteiger partial charge is 0.480 e. The molecule has 1 aliphatic rings. The summed E-state index contributed by atoms with van der Waals surface area (Å²) in [5, 5.41) is 9.49. The molecule has 0 spiro atoms. The zero-order valence-corrected chi connectivity index (χ0v) is 13.3. The first-order valence-corrected chi connectivity index (χ1v) is 8.80. The van der Waals surface area contributed by atoms with Crippen LogP contribution in [0.15, 0.2) is 0 Å². The summed E-state index contributed by atoms with van der Waals surface area (Å²) in [5.41, 5.74) is -1.36. The second-order valence-corrected chi connectivity index (χ2v) is 7.15. The number of rotatable bonds is 8. The number of nitrogens with zero attached hydrogens (tertiary/aromatic N) is 1. The maximum absolute atomic E-state index is 12.4. The average molecular weight is 321 g/mol. The molecular formula is C13H23NO6S. The number of carboxylic acids is 1. The molecule has 8 heteroatoms. The molecule has 0 saturated carbocycles. The molecule has 0 aliphatic carbocycles. The highest BCUT2D eigenvalue weighted by atomic mass is 32.2. The third-order valence-corrected chi connectivity index (χ3v) is 5.62. The summed E-state index contributed by atoms with van der Waals surface area (Å²) >= 11 is 0. The molecular weight excluding hydrogens is 298 g/mol. The summed E-state index contributed by atoms with van der Waals surface area (Å²) in [4.78, 5) is 22.9. The van der Waals surface area contributed by atoms with Gasteiger partial charge in [-0.15, -0.1) is 0 Å². The molecule has 1 atom stereocenters. The van der Waals surface area contributed by atoms with Gasteiger partial charge in [0.2, 0.25) is 10.0 Å². The van der Waals surface area contributed by atoms with Crippen LogP contribution in [-0.4, -0.2) is 54.2 Å². The summed E-state index contributed by atoms with van der Waals surface area (Å²) in [6.07, 6.45) is 1.44. The number of hydrogen-bond donors (Lipinski definition) is 1. The number of carboxylic acid groups (broad SMARTS) is 1. The molecule has 0 amide bonds. The van der Waals surface area contributed by atoms with E-state index in [0.29, 0.717) is 19.3 Å². The van der Waals surface area contributed by atoms with Crippen LogP contribution < -0.4 is 0 Å². The Balaban J connectivity index is 2.89. The minimum Gasteiger partial charge on any atom is -0.480 e. The Morgan fingerprint density at radius 1 is 1.33 bits per heavy atom. The van der Waals surface area contributed by atoms with Gasteiger partial charge in [-0.25, -0.2) is 8.42 Å². The van der Waals surface area contributed by atoms with Crippen molar-refractivity contribution in [3.63, 3.8) is 0 Å². The molecule has 122 valence electrons. The zero-order valence-electron chi connectivity index (χ0n) is 12.5. The highest BCUT2D eigenvalue weighted by molar-refractivity contribution is 7.89. The number of aliphatic carboxylic acids is 1. The summed E-state index contributed by atoms with van der Waals surface area (Å²) in [6.45, 7) is 3.85. The van der Waals surface area contributed by atoms with E-state index in [1.54, 1.807) is 6.92 Å². The second-order valence-electron chi connectivity index (χ2n) is 5.13. The minimum absolute atomic E-state index is 0.192. The van der Waals surface area contributed by atoms with Crippen LogP contribution in [0, 0.1) is 0 Å². The van der Waals surface area contributed by atoms with Gasteiger partial charge < -0.3 is 9.84 Å². The molecule has 0 radical (unpaired) electrons. The van der Waals surface area contributed by atoms with Gasteiger partial charge in [-0.1, -0.05) is 13.3 Å². The first-order valence-electron chi connectivity index (χ1n) is 7.19. The van der Waals surface area contributed by atoms with Gasteiger partial charge in [-0.2, -0.15) is 4.31 Å². The monoisotopic (exact) mass is 321 g/mol. The molecule has 0 aromatic carbocycles. The molecule has 1 unspecified atom stereocenters. The van der Waals surface area contributed by atoms with E-state index in [2.05, 4.69) is 0 Å². The van der Waals surface area contributed by atoms with Gasteiger partial charge in [0.05, 0.1) is 18.8 Å². The number of esters is 1. The number of carbonyl (C=O) groups is 2. The van der Waals surface area contributed by atoms with Crippen molar-refractivity contribution in [1.29, 1.82) is 0 Å². The van der Waals surface area contributed by atoms with Crippen molar-refractivity contribution in [2.24, 2.45) is 0 Å². The molecule has 7 nitrogen and oxygen atoms in total.